The summed E-state index contributed by atoms with van der Waals surface area (Å²) in [5.41, 5.74) is 0.953. The number of halogens is 1. The summed E-state index contributed by atoms with van der Waals surface area (Å²) < 4.78 is 13.1. The van der Waals surface area contributed by atoms with Gasteiger partial charge in [0.25, 0.3) is 0 Å². The second-order valence-electron chi connectivity index (χ2n) is 3.62. The van der Waals surface area contributed by atoms with Gasteiger partial charge in [-0.25, -0.2) is 4.39 Å². The lowest BCUT2D eigenvalue weighted by Gasteiger charge is -2.08. The number of alkyl halides is 1. The lowest BCUT2D eigenvalue weighted by Crippen LogP contribution is -2.09. The topological polar surface area (TPSA) is 20.2 Å². The first-order valence-electron chi connectivity index (χ1n) is 5.03. The Morgan fingerprint density at radius 3 is 2.60 bits per heavy atom. The third kappa shape index (κ3) is 2.16. The van der Waals surface area contributed by atoms with Gasteiger partial charge in [-0.15, -0.1) is 0 Å². The molecule has 0 unspecified atom stereocenters. The Morgan fingerprint density at radius 2 is 1.80 bits per heavy atom. The number of rotatable bonds is 3. The van der Waals surface area contributed by atoms with Crippen molar-refractivity contribution in [3.05, 3.63) is 48.0 Å². The molecule has 2 aromatic carbocycles. The summed E-state index contributed by atoms with van der Waals surface area (Å²) in [4.78, 5) is 0. The van der Waals surface area contributed by atoms with Crippen LogP contribution in [0.15, 0.2) is 42.5 Å². The van der Waals surface area contributed by atoms with E-state index in [2.05, 4.69) is 0 Å². The average Bonchev–Trinajstić information content (AvgIpc) is 2.29. The molecule has 0 saturated carbocycles. The minimum absolute atomic E-state index is 0.276. The maximum Gasteiger partial charge on any atom is 0.127 e. The van der Waals surface area contributed by atoms with Gasteiger partial charge in [0.1, 0.15) is 6.17 Å². The van der Waals surface area contributed by atoms with Crippen LogP contribution in [0.4, 0.5) is 4.39 Å². The average molecular weight is 204 g/mol. The maximum atomic E-state index is 13.1. The third-order valence-electron chi connectivity index (χ3n) is 2.52. The summed E-state index contributed by atoms with van der Waals surface area (Å²) in [6, 6.07) is 13.7. The summed E-state index contributed by atoms with van der Waals surface area (Å²) >= 11 is 0. The van der Waals surface area contributed by atoms with Gasteiger partial charge < -0.3 is 5.11 Å². The van der Waals surface area contributed by atoms with Crippen LogP contribution in [0, 0.1) is 0 Å². The molecule has 78 valence electrons. The van der Waals surface area contributed by atoms with Crippen molar-refractivity contribution < 1.29 is 9.50 Å². The first kappa shape index (κ1) is 10.1. The highest BCUT2D eigenvalue weighted by Crippen LogP contribution is 2.20. The number of fused-ring (bicyclic) bond motifs is 1. The Bertz CT molecular complexity index is 448. The van der Waals surface area contributed by atoms with Gasteiger partial charge in [0.05, 0.1) is 6.61 Å². The van der Waals surface area contributed by atoms with Gasteiger partial charge in [-0.3, -0.25) is 0 Å². The van der Waals surface area contributed by atoms with Crippen LogP contribution in [0.25, 0.3) is 10.8 Å². The SMILES string of the molecule is OC[C@H](F)Cc1cccc2ccccc12. The normalized spacial score (nSPS) is 12.9. The van der Waals surface area contributed by atoms with Gasteiger partial charge in [-0.1, -0.05) is 42.5 Å². The Balaban J connectivity index is 2.42. The van der Waals surface area contributed by atoms with Gasteiger partial charge in [-0.2, -0.15) is 0 Å². The third-order valence-corrected chi connectivity index (χ3v) is 2.52. The summed E-state index contributed by atoms with van der Waals surface area (Å²) in [6.45, 7) is -0.413. The van der Waals surface area contributed by atoms with Crippen molar-refractivity contribution >= 4 is 10.8 Å². The van der Waals surface area contributed by atoms with Gasteiger partial charge in [0.2, 0.25) is 0 Å². The van der Waals surface area contributed by atoms with Crippen molar-refractivity contribution in [3.63, 3.8) is 0 Å². The van der Waals surface area contributed by atoms with Gasteiger partial charge in [0.15, 0.2) is 0 Å². The van der Waals surface area contributed by atoms with E-state index < -0.39 is 12.8 Å². The lowest BCUT2D eigenvalue weighted by molar-refractivity contribution is 0.178. The van der Waals surface area contributed by atoms with Crippen molar-refractivity contribution in [2.24, 2.45) is 0 Å². The molecule has 1 atom stereocenters. The minimum Gasteiger partial charge on any atom is -0.393 e. The van der Waals surface area contributed by atoms with Gasteiger partial charge in [0, 0.05) is 6.42 Å². The fourth-order valence-electron chi connectivity index (χ4n) is 1.77. The Morgan fingerprint density at radius 1 is 1.07 bits per heavy atom. The van der Waals surface area contributed by atoms with Crippen molar-refractivity contribution in [3.8, 4) is 0 Å². The molecule has 0 fully saturated rings. The molecule has 0 saturated heterocycles. The smallest absolute Gasteiger partial charge is 0.127 e. The molecule has 0 aromatic heterocycles. The number of aliphatic hydroxyl groups excluding tert-OH is 1. The van der Waals surface area contributed by atoms with E-state index in [-0.39, 0.29) is 6.42 Å². The van der Waals surface area contributed by atoms with Gasteiger partial charge in [-0.05, 0) is 16.3 Å². The molecule has 0 aliphatic rings. The highest BCUT2D eigenvalue weighted by molar-refractivity contribution is 5.85. The standard InChI is InChI=1S/C13H13FO/c14-12(9-15)8-11-6-3-5-10-4-1-2-7-13(10)11/h1-7,12,15H,8-9H2/t12-/m1/s1. The van der Waals surface area contributed by atoms with E-state index in [9.17, 15) is 4.39 Å². The molecular weight excluding hydrogens is 191 g/mol. The van der Waals surface area contributed by atoms with E-state index >= 15 is 0 Å². The molecule has 1 nitrogen and oxygen atoms in total. The molecule has 0 heterocycles. The Kier molecular flexibility index (Phi) is 2.97. The van der Waals surface area contributed by atoms with Crippen LogP contribution >= 0.6 is 0 Å². The molecule has 0 radical (unpaired) electrons. The summed E-state index contributed by atoms with van der Waals surface area (Å²) in [7, 11) is 0. The van der Waals surface area contributed by atoms with Crippen LogP contribution in [0.5, 0.6) is 0 Å². The van der Waals surface area contributed by atoms with Crippen LogP contribution < -0.4 is 0 Å². The maximum absolute atomic E-state index is 13.1. The van der Waals surface area contributed by atoms with E-state index in [1.54, 1.807) is 0 Å². The van der Waals surface area contributed by atoms with Crippen molar-refractivity contribution in [1.82, 2.24) is 0 Å². The molecule has 0 aliphatic carbocycles. The van der Waals surface area contributed by atoms with E-state index in [1.165, 1.54) is 0 Å². The Hall–Kier alpha value is -1.41. The molecule has 1 N–H and O–H groups in total. The molecule has 2 rings (SSSR count). The quantitative estimate of drug-likeness (QED) is 0.815. The van der Waals surface area contributed by atoms with Crippen LogP contribution in [0.3, 0.4) is 0 Å². The molecule has 15 heavy (non-hydrogen) atoms. The van der Waals surface area contributed by atoms with E-state index in [4.69, 9.17) is 5.11 Å². The van der Waals surface area contributed by atoms with Crippen LogP contribution in [0.1, 0.15) is 5.56 Å². The number of hydrogen-bond acceptors (Lipinski definition) is 1. The first-order valence-corrected chi connectivity index (χ1v) is 5.03. The highest BCUT2D eigenvalue weighted by atomic mass is 19.1. The van der Waals surface area contributed by atoms with Crippen LogP contribution in [-0.2, 0) is 6.42 Å². The fourth-order valence-corrected chi connectivity index (χ4v) is 1.77. The zero-order chi connectivity index (χ0) is 10.7. The number of benzene rings is 2. The predicted octanol–water partition coefficient (Wildman–Crippen LogP) is 2.71. The van der Waals surface area contributed by atoms with E-state index in [0.29, 0.717) is 0 Å². The van der Waals surface area contributed by atoms with Crippen molar-refractivity contribution in [2.75, 3.05) is 6.61 Å². The molecule has 2 heteroatoms. The summed E-state index contributed by atoms with van der Waals surface area (Å²) in [5.74, 6) is 0. The second kappa shape index (κ2) is 4.41. The van der Waals surface area contributed by atoms with E-state index in [1.807, 2.05) is 42.5 Å². The molecule has 0 aliphatic heterocycles. The number of hydrogen-bond donors (Lipinski definition) is 1. The fraction of sp³-hybridized carbons (Fsp3) is 0.231. The minimum atomic E-state index is -1.17. The molecule has 0 bridgehead atoms. The van der Waals surface area contributed by atoms with Crippen LogP contribution in [0.2, 0.25) is 0 Å². The lowest BCUT2D eigenvalue weighted by atomic mass is 10.0. The van der Waals surface area contributed by atoms with Crippen LogP contribution in [-0.4, -0.2) is 17.9 Å². The molecular formula is C13H13FO. The predicted molar refractivity (Wildman–Crippen MR) is 59.6 cm³/mol. The molecule has 0 spiro atoms. The largest absolute Gasteiger partial charge is 0.393 e. The van der Waals surface area contributed by atoms with Crippen molar-refractivity contribution in [2.45, 2.75) is 12.6 Å². The summed E-state index contributed by atoms with van der Waals surface area (Å²) in [5, 5.41) is 10.9. The highest BCUT2D eigenvalue weighted by Gasteiger charge is 2.08. The zero-order valence-corrected chi connectivity index (χ0v) is 8.36. The van der Waals surface area contributed by atoms with Crippen molar-refractivity contribution in [1.29, 1.82) is 0 Å². The second-order valence-corrected chi connectivity index (χ2v) is 3.62. The molecule has 0 amide bonds. The zero-order valence-electron chi connectivity index (χ0n) is 8.36. The monoisotopic (exact) mass is 204 g/mol. The number of aliphatic hydroxyl groups is 1. The van der Waals surface area contributed by atoms with E-state index in [0.717, 1.165) is 16.3 Å². The first-order chi connectivity index (χ1) is 7.31. The Labute approximate surface area is 88.2 Å². The summed E-state index contributed by atoms with van der Waals surface area (Å²) in [6.07, 6.45) is -0.895. The van der Waals surface area contributed by atoms with Gasteiger partial charge >= 0.3 is 0 Å². The molecule has 2 aromatic rings.